The van der Waals surface area contributed by atoms with E-state index in [0.29, 0.717) is 11.4 Å². The molecule has 0 aliphatic heterocycles. The Balaban J connectivity index is 0.000000697. The van der Waals surface area contributed by atoms with Crippen molar-refractivity contribution < 1.29 is 37.8 Å². The van der Waals surface area contributed by atoms with Crippen molar-refractivity contribution in [2.75, 3.05) is 23.3 Å². The quantitative estimate of drug-likeness (QED) is 0.742. The molecule has 10 heteroatoms. The molecule has 0 aliphatic carbocycles. The van der Waals surface area contributed by atoms with Gasteiger partial charge in [0, 0.05) is 25.7 Å². The summed E-state index contributed by atoms with van der Waals surface area (Å²) < 4.78 is 31.7. The Kier molecular flexibility index (Phi) is 8.44. The number of benzene rings is 1. The maximum atomic E-state index is 11.3. The maximum absolute atomic E-state index is 11.3. The molecule has 3 N–H and O–H groups in total. The molecule has 0 aliphatic rings. The van der Waals surface area contributed by atoms with Crippen LogP contribution in [0.25, 0.3) is 0 Å². The Morgan fingerprint density at radius 3 is 1.92 bits per heavy atom. The minimum atomic E-state index is -5.08. The smallest absolute Gasteiger partial charge is 0.478 e. The molecule has 0 saturated carbocycles. The number of hydrogen-bond acceptors (Lipinski definition) is 4. The van der Waals surface area contributed by atoms with Crippen LogP contribution < -0.4 is 10.2 Å². The molecule has 0 saturated heterocycles. The second-order valence-corrected chi connectivity index (χ2v) is 4.69. The molecule has 0 spiro atoms. The Labute approximate surface area is 142 Å². The molecule has 1 aromatic carbocycles. The number of alkyl halides is 3. The molecule has 1 rings (SSSR count). The van der Waals surface area contributed by atoms with Crippen molar-refractivity contribution in [2.24, 2.45) is 0 Å². The third kappa shape index (κ3) is 7.55. The molecule has 0 unspecified atom stereocenters. The van der Waals surface area contributed by atoms with Crippen LogP contribution in [0.1, 0.15) is 31.1 Å². The number of aromatic carboxylic acids is 1. The number of hydrogen-bond donors (Lipinski definition) is 3. The lowest BCUT2D eigenvalue weighted by Crippen LogP contribution is -2.24. The SMILES string of the molecule is CCN(CC)c1ccc(NC(C)=O)cc1C(=O)O.O=C(O)C(F)(F)F. The highest BCUT2D eigenvalue weighted by Gasteiger charge is 2.38. The first kappa shape index (κ1) is 22.2. The average molecular weight is 364 g/mol. The van der Waals surface area contributed by atoms with Crippen molar-refractivity contribution in [1.82, 2.24) is 0 Å². The first-order chi connectivity index (χ1) is 11.4. The summed E-state index contributed by atoms with van der Waals surface area (Å²) in [6.07, 6.45) is -5.08. The van der Waals surface area contributed by atoms with Gasteiger partial charge in [0.2, 0.25) is 5.91 Å². The number of anilines is 2. The predicted octanol–water partition coefficient (Wildman–Crippen LogP) is 2.82. The van der Waals surface area contributed by atoms with Crippen LogP contribution in [0.5, 0.6) is 0 Å². The molecule has 0 aromatic heterocycles. The monoisotopic (exact) mass is 364 g/mol. The topological polar surface area (TPSA) is 107 Å². The van der Waals surface area contributed by atoms with Gasteiger partial charge in [-0.25, -0.2) is 9.59 Å². The molecule has 7 nitrogen and oxygen atoms in total. The van der Waals surface area contributed by atoms with Crippen molar-refractivity contribution in [3.63, 3.8) is 0 Å². The lowest BCUT2D eigenvalue weighted by atomic mass is 10.1. The number of carboxylic acid groups (broad SMARTS) is 2. The minimum absolute atomic E-state index is 0.199. The van der Waals surface area contributed by atoms with Crippen molar-refractivity contribution in [3.8, 4) is 0 Å². The summed E-state index contributed by atoms with van der Waals surface area (Å²) in [7, 11) is 0. The lowest BCUT2D eigenvalue weighted by molar-refractivity contribution is -0.192. The first-order valence-electron chi connectivity index (χ1n) is 7.13. The molecule has 0 fully saturated rings. The molecule has 25 heavy (non-hydrogen) atoms. The van der Waals surface area contributed by atoms with Gasteiger partial charge in [-0.3, -0.25) is 4.79 Å². The fraction of sp³-hybridized carbons (Fsp3) is 0.400. The van der Waals surface area contributed by atoms with E-state index in [1.165, 1.54) is 13.0 Å². The van der Waals surface area contributed by atoms with Crippen LogP contribution in [0.4, 0.5) is 24.5 Å². The largest absolute Gasteiger partial charge is 0.490 e. The van der Waals surface area contributed by atoms with Crippen molar-refractivity contribution in [3.05, 3.63) is 23.8 Å². The van der Waals surface area contributed by atoms with Gasteiger partial charge in [-0.2, -0.15) is 13.2 Å². The fourth-order valence-corrected chi connectivity index (χ4v) is 1.83. The molecule has 0 bridgehead atoms. The average Bonchev–Trinajstić information content (AvgIpc) is 2.48. The van der Waals surface area contributed by atoms with E-state index in [0.717, 1.165) is 13.1 Å². The lowest BCUT2D eigenvalue weighted by Gasteiger charge is -2.23. The summed E-state index contributed by atoms with van der Waals surface area (Å²) in [6, 6.07) is 4.92. The number of aliphatic carboxylic acids is 1. The number of carboxylic acids is 2. The number of amides is 1. The summed E-state index contributed by atoms with van der Waals surface area (Å²) in [5.41, 5.74) is 1.36. The molecular formula is C15H19F3N2O5. The van der Waals surface area contributed by atoms with Gasteiger partial charge in [0.15, 0.2) is 0 Å². The zero-order valence-corrected chi connectivity index (χ0v) is 13.8. The fourth-order valence-electron chi connectivity index (χ4n) is 1.83. The Hall–Kier alpha value is -2.78. The number of nitrogens with zero attached hydrogens (tertiary/aromatic N) is 1. The first-order valence-corrected chi connectivity index (χ1v) is 7.13. The summed E-state index contributed by atoms with van der Waals surface area (Å²) in [4.78, 5) is 33.1. The Bertz CT molecular complexity index is 628. The van der Waals surface area contributed by atoms with Crippen LogP contribution >= 0.6 is 0 Å². The van der Waals surface area contributed by atoms with E-state index in [9.17, 15) is 27.9 Å². The molecule has 1 aromatic rings. The Morgan fingerprint density at radius 1 is 1.12 bits per heavy atom. The van der Waals surface area contributed by atoms with Gasteiger partial charge < -0.3 is 20.4 Å². The third-order valence-corrected chi connectivity index (χ3v) is 2.89. The highest BCUT2D eigenvalue weighted by atomic mass is 19.4. The van der Waals surface area contributed by atoms with Gasteiger partial charge in [-0.1, -0.05) is 0 Å². The van der Waals surface area contributed by atoms with Gasteiger partial charge in [-0.15, -0.1) is 0 Å². The number of halogens is 3. The highest BCUT2D eigenvalue weighted by molar-refractivity contribution is 5.97. The van der Waals surface area contributed by atoms with Gasteiger partial charge in [0.25, 0.3) is 0 Å². The van der Waals surface area contributed by atoms with Gasteiger partial charge in [0.05, 0.1) is 11.3 Å². The molecule has 140 valence electrons. The van der Waals surface area contributed by atoms with Crippen molar-refractivity contribution >= 4 is 29.2 Å². The predicted molar refractivity (Wildman–Crippen MR) is 85.0 cm³/mol. The number of carbonyl (C=O) groups excluding carboxylic acids is 1. The van der Waals surface area contributed by atoms with E-state index in [-0.39, 0.29) is 11.5 Å². The summed E-state index contributed by atoms with van der Waals surface area (Å²) in [5.74, 6) is -3.97. The number of rotatable bonds is 5. The summed E-state index contributed by atoms with van der Waals surface area (Å²) in [6.45, 7) is 6.79. The molecular weight excluding hydrogens is 345 g/mol. The Morgan fingerprint density at radius 2 is 1.60 bits per heavy atom. The molecule has 1 amide bonds. The van der Waals surface area contributed by atoms with E-state index in [1.807, 2.05) is 18.7 Å². The second kappa shape index (κ2) is 9.50. The summed E-state index contributed by atoms with van der Waals surface area (Å²) >= 11 is 0. The van der Waals surface area contributed by atoms with Gasteiger partial charge >= 0.3 is 18.1 Å². The molecule has 0 heterocycles. The van der Waals surface area contributed by atoms with E-state index >= 15 is 0 Å². The van der Waals surface area contributed by atoms with E-state index in [2.05, 4.69) is 5.32 Å². The van der Waals surface area contributed by atoms with Crippen molar-refractivity contribution in [2.45, 2.75) is 26.9 Å². The van der Waals surface area contributed by atoms with E-state index < -0.39 is 18.1 Å². The molecule has 0 atom stereocenters. The van der Waals surface area contributed by atoms with Crippen LogP contribution in [0, 0.1) is 0 Å². The van der Waals surface area contributed by atoms with Crippen LogP contribution in [-0.4, -0.2) is 47.3 Å². The van der Waals surface area contributed by atoms with Crippen LogP contribution in [0.15, 0.2) is 18.2 Å². The standard InChI is InChI=1S/C13H18N2O3.C2HF3O2/c1-4-15(5-2)12-7-6-10(14-9(3)16)8-11(12)13(17)18;3-2(4,5)1(6)7/h6-8H,4-5H2,1-3H3,(H,14,16)(H,17,18);(H,6,7). The second-order valence-electron chi connectivity index (χ2n) is 4.69. The van der Waals surface area contributed by atoms with Crippen molar-refractivity contribution in [1.29, 1.82) is 0 Å². The zero-order valence-electron chi connectivity index (χ0n) is 13.8. The van der Waals surface area contributed by atoms with E-state index in [1.54, 1.807) is 12.1 Å². The molecule has 0 radical (unpaired) electrons. The van der Waals surface area contributed by atoms with Crippen LogP contribution in [-0.2, 0) is 9.59 Å². The highest BCUT2D eigenvalue weighted by Crippen LogP contribution is 2.24. The zero-order chi connectivity index (χ0) is 19.8. The third-order valence-electron chi connectivity index (χ3n) is 2.89. The normalized spacial score (nSPS) is 10.3. The summed E-state index contributed by atoms with van der Waals surface area (Å²) in [5, 5.41) is 18.9. The van der Waals surface area contributed by atoms with Gasteiger partial charge in [0.1, 0.15) is 0 Å². The number of carbonyl (C=O) groups is 3. The van der Waals surface area contributed by atoms with Gasteiger partial charge in [-0.05, 0) is 32.0 Å². The van der Waals surface area contributed by atoms with Crippen LogP contribution in [0.2, 0.25) is 0 Å². The van der Waals surface area contributed by atoms with E-state index in [4.69, 9.17) is 9.90 Å². The minimum Gasteiger partial charge on any atom is -0.478 e. The van der Waals surface area contributed by atoms with Crippen LogP contribution in [0.3, 0.4) is 0 Å². The maximum Gasteiger partial charge on any atom is 0.490 e. The number of nitrogens with one attached hydrogen (secondary N) is 1.